The number of hydrogen-bond acceptors (Lipinski definition) is 4. The highest BCUT2D eigenvalue weighted by Crippen LogP contribution is 2.38. The molecule has 0 aromatic heterocycles. The highest BCUT2D eigenvalue weighted by Gasteiger charge is 2.24. The van der Waals surface area contributed by atoms with Crippen LogP contribution in [0.2, 0.25) is 0 Å². The number of halogens is 3. The zero-order valence-corrected chi connectivity index (χ0v) is 18.0. The van der Waals surface area contributed by atoms with Crippen molar-refractivity contribution in [2.45, 2.75) is 13.8 Å². The van der Waals surface area contributed by atoms with E-state index < -0.39 is 0 Å². The maximum absolute atomic E-state index is 12.1. The lowest BCUT2D eigenvalue weighted by molar-refractivity contribution is -0.114. The van der Waals surface area contributed by atoms with Crippen molar-refractivity contribution >= 4 is 91.0 Å². The average molecular weight is 629 g/mol. The molecule has 0 saturated heterocycles. The Kier molecular flexibility index (Phi) is 7.91. The lowest BCUT2D eigenvalue weighted by Crippen LogP contribution is -2.23. The second kappa shape index (κ2) is 8.67. The van der Waals surface area contributed by atoms with E-state index in [9.17, 15) is 9.59 Å². The predicted molar refractivity (Wildman–Crippen MR) is 108 cm³/mol. The zero-order valence-electron chi connectivity index (χ0n) is 11.6. The molecule has 2 amide bonds. The van der Waals surface area contributed by atoms with Crippen molar-refractivity contribution < 1.29 is 14.4 Å². The fourth-order valence-electron chi connectivity index (χ4n) is 1.51. The van der Waals surface area contributed by atoms with Gasteiger partial charge in [-0.2, -0.15) is 0 Å². The summed E-state index contributed by atoms with van der Waals surface area (Å²) in [6, 6.07) is 0. The summed E-state index contributed by atoms with van der Waals surface area (Å²) >= 11 is 6.28. The van der Waals surface area contributed by atoms with Crippen LogP contribution in [0.1, 0.15) is 24.2 Å². The first-order valence-corrected chi connectivity index (χ1v) is 9.16. The van der Waals surface area contributed by atoms with E-state index >= 15 is 0 Å². The minimum atomic E-state index is -0.216. The van der Waals surface area contributed by atoms with Crippen molar-refractivity contribution in [3.05, 3.63) is 16.3 Å². The Bertz CT molecular complexity index is 579. The van der Waals surface area contributed by atoms with Crippen molar-refractivity contribution in [2.24, 2.45) is 0 Å². The maximum atomic E-state index is 12.1. The van der Waals surface area contributed by atoms with E-state index in [0.29, 0.717) is 27.1 Å². The number of nitrogens with one attached hydrogen (secondary N) is 3. The fourth-order valence-corrected chi connectivity index (χ4v) is 5.65. The molecule has 0 saturated carbocycles. The summed E-state index contributed by atoms with van der Waals surface area (Å²) in [4.78, 5) is 28.8. The van der Waals surface area contributed by atoms with Gasteiger partial charge in [0.1, 0.15) is 0 Å². The molecule has 0 bridgehead atoms. The van der Waals surface area contributed by atoms with E-state index in [-0.39, 0.29) is 11.8 Å². The van der Waals surface area contributed by atoms with Gasteiger partial charge in [0.15, 0.2) is 0 Å². The van der Waals surface area contributed by atoms with Crippen molar-refractivity contribution in [1.82, 2.24) is 5.32 Å². The first-order valence-electron chi connectivity index (χ1n) is 5.93. The van der Waals surface area contributed by atoms with Gasteiger partial charge in [0.25, 0.3) is 5.91 Å². The van der Waals surface area contributed by atoms with Crippen LogP contribution < -0.4 is 16.1 Å². The number of anilines is 2. The van der Waals surface area contributed by atoms with Crippen LogP contribution in [0, 0.1) is 10.7 Å². The molecule has 0 aliphatic rings. The summed E-state index contributed by atoms with van der Waals surface area (Å²) in [6.45, 7) is 3.76. The molecule has 0 atom stereocenters. The summed E-state index contributed by atoms with van der Waals surface area (Å²) in [5.74, 6) is -0.413. The molecule has 0 heterocycles. The number of rotatable bonds is 5. The number of hydrogen-bond donors (Lipinski definition) is 3. The van der Waals surface area contributed by atoms with Crippen molar-refractivity contribution in [3.63, 3.8) is 0 Å². The second-order valence-corrected chi connectivity index (χ2v) is 7.10. The normalized spacial score (nSPS) is 10.2. The van der Waals surface area contributed by atoms with Crippen LogP contribution >= 0.6 is 67.8 Å². The lowest BCUT2D eigenvalue weighted by atomic mass is 10.1. The molecule has 0 unspecified atom stereocenters. The molecule has 0 radical (unpaired) electrons. The zero-order chi connectivity index (χ0) is 16.2. The Morgan fingerprint density at radius 2 is 1.67 bits per heavy atom. The highest BCUT2D eigenvalue weighted by molar-refractivity contribution is 14.1. The summed E-state index contributed by atoms with van der Waals surface area (Å²) in [7, 11) is 1.57. The smallest absolute Gasteiger partial charge is 0.253 e. The molecule has 6 nitrogen and oxygen atoms in total. The topological polar surface area (TPSA) is 79.5 Å². The Morgan fingerprint density at radius 1 is 1.10 bits per heavy atom. The molecule has 0 spiro atoms. The van der Waals surface area contributed by atoms with Crippen LogP contribution in [-0.4, -0.2) is 25.5 Å². The Morgan fingerprint density at radius 3 is 2.14 bits per heavy atom. The van der Waals surface area contributed by atoms with Gasteiger partial charge < -0.3 is 10.6 Å². The van der Waals surface area contributed by atoms with Crippen LogP contribution in [0.25, 0.3) is 0 Å². The minimum absolute atomic E-state index is 0.197. The van der Waals surface area contributed by atoms with Gasteiger partial charge in [-0.15, -0.1) is 0 Å². The van der Waals surface area contributed by atoms with Gasteiger partial charge in [-0.1, -0.05) is 0 Å². The predicted octanol–water partition coefficient (Wildman–Crippen LogP) is 3.18. The minimum Gasteiger partial charge on any atom is -0.355 e. The molecule has 21 heavy (non-hydrogen) atoms. The molecule has 0 fully saturated rings. The highest BCUT2D eigenvalue weighted by atomic mass is 127. The van der Waals surface area contributed by atoms with E-state index in [0.717, 1.165) is 7.14 Å². The molecule has 1 rings (SSSR count). The molecule has 9 heteroatoms. The SMILES string of the molecule is CCONc1c(I)c(NC(C)=O)c(I)c(C(=O)NC)c1I. The quantitative estimate of drug-likeness (QED) is 0.346. The Balaban J connectivity index is 3.57. The number of benzene rings is 1. The largest absolute Gasteiger partial charge is 0.355 e. The Hall–Kier alpha value is 0.110. The third-order valence-electron chi connectivity index (χ3n) is 2.39. The Labute approximate surface area is 163 Å². The van der Waals surface area contributed by atoms with Gasteiger partial charge in [0.2, 0.25) is 5.91 Å². The first kappa shape index (κ1) is 19.2. The molecule has 0 aliphatic carbocycles. The lowest BCUT2D eigenvalue weighted by Gasteiger charge is -2.19. The summed E-state index contributed by atoms with van der Waals surface area (Å²) < 4.78 is 2.22. The van der Waals surface area contributed by atoms with Gasteiger partial charge in [-0.25, -0.2) is 0 Å². The van der Waals surface area contributed by atoms with Gasteiger partial charge in [0.05, 0.1) is 34.3 Å². The van der Waals surface area contributed by atoms with Crippen molar-refractivity contribution in [1.29, 1.82) is 0 Å². The number of carbonyl (C=O) groups excluding carboxylic acids is 2. The van der Waals surface area contributed by atoms with E-state index in [4.69, 9.17) is 4.84 Å². The molecule has 1 aromatic rings. The molecule has 3 N–H and O–H groups in total. The van der Waals surface area contributed by atoms with Crippen LogP contribution in [0.4, 0.5) is 11.4 Å². The summed E-state index contributed by atoms with van der Waals surface area (Å²) in [5, 5.41) is 5.39. The number of amides is 2. The standard InChI is InChI=1S/C12H14I3N3O3/c1-4-21-18-11-8(14)6(12(20)16-3)7(13)10(9(11)15)17-5(2)19/h18H,4H2,1-3H3,(H,16,20)(H,17,19). The number of carbonyl (C=O) groups is 2. The van der Waals surface area contributed by atoms with Gasteiger partial charge in [-0.3, -0.25) is 19.9 Å². The third-order valence-corrected chi connectivity index (χ3v) is 5.63. The van der Waals surface area contributed by atoms with Crippen LogP contribution in [0.15, 0.2) is 0 Å². The van der Waals surface area contributed by atoms with E-state index in [1.54, 1.807) is 7.05 Å². The second-order valence-electron chi connectivity index (χ2n) is 3.86. The monoisotopic (exact) mass is 629 g/mol. The van der Waals surface area contributed by atoms with Crippen molar-refractivity contribution in [2.75, 3.05) is 24.5 Å². The van der Waals surface area contributed by atoms with E-state index in [2.05, 4.69) is 83.9 Å². The maximum Gasteiger partial charge on any atom is 0.253 e. The van der Waals surface area contributed by atoms with Crippen LogP contribution in [0.3, 0.4) is 0 Å². The van der Waals surface area contributed by atoms with E-state index in [1.165, 1.54) is 6.92 Å². The molecular formula is C12H14I3N3O3. The van der Waals surface area contributed by atoms with Crippen molar-refractivity contribution in [3.8, 4) is 0 Å². The molecular weight excluding hydrogens is 615 g/mol. The summed E-state index contributed by atoms with van der Waals surface area (Å²) in [6.07, 6.45) is 0. The fraction of sp³-hybridized carbons (Fsp3) is 0.333. The first-order chi connectivity index (χ1) is 9.84. The van der Waals surface area contributed by atoms with E-state index in [1.807, 2.05) is 6.92 Å². The van der Waals surface area contributed by atoms with Gasteiger partial charge in [0, 0.05) is 14.0 Å². The van der Waals surface area contributed by atoms with Crippen LogP contribution in [0.5, 0.6) is 0 Å². The van der Waals surface area contributed by atoms with Gasteiger partial charge in [-0.05, 0) is 74.7 Å². The van der Waals surface area contributed by atoms with Crippen LogP contribution in [-0.2, 0) is 9.63 Å². The molecule has 1 aromatic carbocycles. The summed E-state index contributed by atoms with van der Waals surface area (Å²) in [5.41, 5.74) is 4.62. The average Bonchev–Trinajstić information content (AvgIpc) is 2.43. The van der Waals surface area contributed by atoms with Gasteiger partial charge >= 0.3 is 0 Å². The third kappa shape index (κ3) is 4.54. The molecule has 116 valence electrons. The molecule has 0 aliphatic heterocycles.